The summed E-state index contributed by atoms with van der Waals surface area (Å²) in [6.07, 6.45) is 0. The van der Waals surface area contributed by atoms with E-state index in [0.29, 0.717) is 30.2 Å². The van der Waals surface area contributed by atoms with Crippen molar-refractivity contribution in [3.8, 4) is 0 Å². The molecular formula is C22H29N5O2. The van der Waals surface area contributed by atoms with E-state index >= 15 is 0 Å². The van der Waals surface area contributed by atoms with Crippen LogP contribution in [0.25, 0.3) is 11.2 Å². The van der Waals surface area contributed by atoms with Crippen molar-refractivity contribution in [2.45, 2.75) is 47.7 Å². The molecule has 0 saturated carbocycles. The molecule has 2 aromatic heterocycles. The van der Waals surface area contributed by atoms with Crippen LogP contribution in [0.15, 0.2) is 27.8 Å². The highest BCUT2D eigenvalue weighted by molar-refractivity contribution is 5.77. The molecule has 0 saturated heterocycles. The molecule has 0 N–H and O–H groups in total. The van der Waals surface area contributed by atoms with Crippen molar-refractivity contribution in [3.63, 3.8) is 0 Å². The Bertz CT molecular complexity index is 1190. The lowest BCUT2D eigenvalue weighted by Crippen LogP contribution is -2.41. The zero-order valence-corrected chi connectivity index (χ0v) is 18.1. The molecule has 1 atom stereocenters. The second kappa shape index (κ2) is 6.90. The van der Waals surface area contributed by atoms with Crippen LogP contribution in [0.5, 0.6) is 0 Å². The van der Waals surface area contributed by atoms with Crippen LogP contribution in [0.2, 0.25) is 0 Å². The molecule has 4 rings (SSSR count). The summed E-state index contributed by atoms with van der Waals surface area (Å²) < 4.78 is 4.86. The van der Waals surface area contributed by atoms with E-state index in [-0.39, 0.29) is 17.2 Å². The average Bonchev–Trinajstić information content (AvgIpc) is 3.01. The summed E-state index contributed by atoms with van der Waals surface area (Å²) in [4.78, 5) is 33.1. The monoisotopic (exact) mass is 395 g/mol. The summed E-state index contributed by atoms with van der Waals surface area (Å²) in [6, 6.07) is 6.43. The summed E-state index contributed by atoms with van der Waals surface area (Å²) >= 11 is 0. The van der Waals surface area contributed by atoms with Gasteiger partial charge in [0, 0.05) is 32.4 Å². The van der Waals surface area contributed by atoms with E-state index in [0.717, 1.165) is 18.2 Å². The number of anilines is 2. The highest BCUT2D eigenvalue weighted by Crippen LogP contribution is 2.33. The molecule has 1 aromatic carbocycles. The van der Waals surface area contributed by atoms with Gasteiger partial charge in [0.15, 0.2) is 11.2 Å². The van der Waals surface area contributed by atoms with Crippen molar-refractivity contribution in [2.24, 2.45) is 18.9 Å². The number of nitrogens with zero attached hydrogens (tertiary/aromatic N) is 5. The topological polar surface area (TPSA) is 65.1 Å². The Labute approximate surface area is 170 Å². The summed E-state index contributed by atoms with van der Waals surface area (Å²) in [7, 11) is 1.70. The number of benzene rings is 1. The molecule has 0 fully saturated rings. The van der Waals surface area contributed by atoms with Crippen molar-refractivity contribution in [2.75, 3.05) is 11.4 Å². The highest BCUT2D eigenvalue weighted by atomic mass is 16.2. The average molecular weight is 396 g/mol. The van der Waals surface area contributed by atoms with E-state index in [2.05, 4.69) is 43.9 Å². The van der Waals surface area contributed by atoms with E-state index in [1.54, 1.807) is 7.05 Å². The third kappa shape index (κ3) is 3.18. The van der Waals surface area contributed by atoms with E-state index in [4.69, 9.17) is 4.98 Å². The molecule has 0 aliphatic carbocycles. The van der Waals surface area contributed by atoms with Gasteiger partial charge in [-0.3, -0.25) is 13.9 Å². The number of hydrogen-bond acceptors (Lipinski definition) is 4. The van der Waals surface area contributed by atoms with Gasteiger partial charge in [-0.05, 0) is 48.9 Å². The normalized spacial score (nSPS) is 16.7. The highest BCUT2D eigenvalue weighted by Gasteiger charge is 2.30. The smallest absolute Gasteiger partial charge is 0.312 e. The van der Waals surface area contributed by atoms with Crippen LogP contribution in [-0.2, 0) is 20.1 Å². The van der Waals surface area contributed by atoms with Gasteiger partial charge in [0.05, 0.1) is 0 Å². The molecule has 0 unspecified atom stereocenters. The Balaban J connectivity index is 2.01. The summed E-state index contributed by atoms with van der Waals surface area (Å²) in [5.74, 6) is 1.28. The molecule has 0 radical (unpaired) electrons. The first-order valence-corrected chi connectivity index (χ1v) is 10.2. The summed E-state index contributed by atoms with van der Waals surface area (Å²) in [6.45, 7) is 12.3. The van der Waals surface area contributed by atoms with Crippen molar-refractivity contribution < 1.29 is 0 Å². The van der Waals surface area contributed by atoms with Gasteiger partial charge < -0.3 is 9.47 Å². The first-order valence-electron chi connectivity index (χ1n) is 10.2. The first-order chi connectivity index (χ1) is 13.7. The molecule has 3 aromatic rings. The number of aryl methyl sites for hydroxylation is 3. The maximum atomic E-state index is 13.3. The Morgan fingerprint density at radius 3 is 2.38 bits per heavy atom. The van der Waals surface area contributed by atoms with Gasteiger partial charge in [-0.15, -0.1) is 0 Å². The second-order valence-corrected chi connectivity index (χ2v) is 8.91. The van der Waals surface area contributed by atoms with E-state index in [1.165, 1.54) is 20.3 Å². The van der Waals surface area contributed by atoms with Crippen molar-refractivity contribution in [3.05, 3.63) is 50.2 Å². The van der Waals surface area contributed by atoms with Gasteiger partial charge in [0.1, 0.15) is 0 Å². The van der Waals surface area contributed by atoms with Gasteiger partial charge in [-0.25, -0.2) is 4.79 Å². The van der Waals surface area contributed by atoms with Crippen LogP contribution >= 0.6 is 0 Å². The van der Waals surface area contributed by atoms with Crippen molar-refractivity contribution in [1.29, 1.82) is 0 Å². The third-order valence-corrected chi connectivity index (χ3v) is 5.51. The van der Waals surface area contributed by atoms with Crippen LogP contribution in [0.3, 0.4) is 0 Å². The minimum atomic E-state index is -0.308. The largest absolute Gasteiger partial charge is 0.332 e. The van der Waals surface area contributed by atoms with E-state index in [1.807, 2.05) is 18.4 Å². The van der Waals surface area contributed by atoms with Crippen LogP contribution < -0.4 is 16.1 Å². The van der Waals surface area contributed by atoms with Crippen LogP contribution in [-0.4, -0.2) is 25.2 Å². The Kier molecular flexibility index (Phi) is 4.63. The maximum absolute atomic E-state index is 13.3. The Morgan fingerprint density at radius 2 is 1.76 bits per heavy atom. The Morgan fingerprint density at radius 1 is 1.10 bits per heavy atom. The predicted octanol–water partition coefficient (Wildman–Crippen LogP) is 2.96. The minimum Gasteiger partial charge on any atom is -0.312 e. The molecule has 1 aliphatic heterocycles. The summed E-state index contributed by atoms with van der Waals surface area (Å²) in [5, 5.41) is 0. The van der Waals surface area contributed by atoms with Crippen molar-refractivity contribution >= 4 is 22.8 Å². The third-order valence-electron chi connectivity index (χ3n) is 5.51. The van der Waals surface area contributed by atoms with Gasteiger partial charge in [-0.1, -0.05) is 26.8 Å². The van der Waals surface area contributed by atoms with Crippen molar-refractivity contribution in [1.82, 2.24) is 18.7 Å². The fourth-order valence-corrected chi connectivity index (χ4v) is 4.36. The number of aromatic nitrogens is 4. The number of fused-ring (bicyclic) bond motifs is 3. The number of hydrogen-bond donors (Lipinski definition) is 0. The lowest BCUT2D eigenvalue weighted by atomic mass is 10.1. The second-order valence-electron chi connectivity index (χ2n) is 8.91. The molecule has 1 aliphatic rings. The molecule has 154 valence electrons. The quantitative estimate of drug-likeness (QED) is 0.684. The Hall–Kier alpha value is -2.83. The molecule has 3 heterocycles. The lowest BCUT2D eigenvalue weighted by molar-refractivity contribution is 0.454. The maximum Gasteiger partial charge on any atom is 0.332 e. The lowest BCUT2D eigenvalue weighted by Gasteiger charge is -2.33. The predicted molar refractivity (Wildman–Crippen MR) is 116 cm³/mol. The molecular weight excluding hydrogens is 366 g/mol. The van der Waals surface area contributed by atoms with Crippen LogP contribution in [0.1, 0.15) is 31.9 Å². The van der Waals surface area contributed by atoms with Gasteiger partial charge >= 0.3 is 5.69 Å². The van der Waals surface area contributed by atoms with Gasteiger partial charge in [0.25, 0.3) is 5.56 Å². The minimum absolute atomic E-state index is 0.201. The van der Waals surface area contributed by atoms with E-state index in [9.17, 15) is 9.59 Å². The SMILES string of the molecule is Cc1cc(C)cc(N2C[C@@H](C)Cn3c2nc2c3c(=O)n(CC(C)C)c(=O)n2C)c1. The van der Waals surface area contributed by atoms with E-state index < -0.39 is 0 Å². The number of rotatable bonds is 3. The van der Waals surface area contributed by atoms with Crippen LogP contribution in [0.4, 0.5) is 11.6 Å². The molecule has 0 spiro atoms. The summed E-state index contributed by atoms with van der Waals surface area (Å²) in [5.41, 5.74) is 3.86. The molecule has 0 bridgehead atoms. The first kappa shape index (κ1) is 19.5. The molecule has 7 nitrogen and oxygen atoms in total. The molecule has 7 heteroatoms. The zero-order valence-electron chi connectivity index (χ0n) is 18.1. The standard InChI is InChI=1S/C22H29N5O2/c1-13(2)10-27-20(28)18-19(24(6)22(27)29)23-21-25(11-16(5)12-26(18)21)17-8-14(3)7-15(4)9-17/h7-9,13,16H,10-12H2,1-6H3/t16-/m1/s1. The van der Waals surface area contributed by atoms with Crippen LogP contribution in [0, 0.1) is 25.7 Å². The fraction of sp³-hybridized carbons (Fsp3) is 0.500. The number of imidazole rings is 1. The zero-order chi connectivity index (χ0) is 21.0. The fourth-order valence-electron chi connectivity index (χ4n) is 4.36. The van der Waals surface area contributed by atoms with Gasteiger partial charge in [-0.2, -0.15) is 4.98 Å². The molecule has 0 amide bonds. The molecule has 29 heavy (non-hydrogen) atoms. The van der Waals surface area contributed by atoms with Gasteiger partial charge in [0.2, 0.25) is 5.95 Å².